The molecule has 0 saturated heterocycles. The molecule has 0 fully saturated rings. The Hall–Kier alpha value is -3.67. The molecule has 0 bridgehead atoms. The van der Waals surface area contributed by atoms with E-state index in [2.05, 4.69) is 25.7 Å². The number of nitrogens with zero attached hydrogens (tertiary/aromatic N) is 4. The number of halogens is 1. The molecule has 12 heteroatoms. The van der Waals surface area contributed by atoms with E-state index < -0.39 is 15.1 Å². The number of para-hydroxylation sites is 1. The number of hydrogen-bond acceptors (Lipinski definition) is 9. The van der Waals surface area contributed by atoms with Gasteiger partial charge in [-0.3, -0.25) is 4.68 Å². The highest BCUT2D eigenvalue weighted by atomic mass is 35.5. The molecule has 0 saturated carbocycles. The summed E-state index contributed by atoms with van der Waals surface area (Å²) in [4.78, 5) is 8.98. The molecule has 2 aromatic carbocycles. The number of benzene rings is 2. The predicted molar refractivity (Wildman–Crippen MR) is 150 cm³/mol. The van der Waals surface area contributed by atoms with Crippen LogP contribution < -0.4 is 21.1 Å². The summed E-state index contributed by atoms with van der Waals surface area (Å²) in [6.07, 6.45) is 5.80. The average Bonchev–Trinajstić information content (AvgIpc) is 3.32. The van der Waals surface area contributed by atoms with Gasteiger partial charge in [0, 0.05) is 18.8 Å². The minimum atomic E-state index is -3.54. The van der Waals surface area contributed by atoms with Crippen LogP contribution in [0.5, 0.6) is 5.75 Å². The van der Waals surface area contributed by atoms with Crippen LogP contribution in [0, 0.1) is 0 Å². The summed E-state index contributed by atoms with van der Waals surface area (Å²) in [5.74, 6) is 1.07. The van der Waals surface area contributed by atoms with Gasteiger partial charge in [-0.15, -0.1) is 0 Å². The quantitative estimate of drug-likeness (QED) is 0.254. The van der Waals surface area contributed by atoms with Gasteiger partial charge in [0.1, 0.15) is 10.8 Å². The van der Waals surface area contributed by atoms with Crippen LogP contribution >= 0.6 is 11.6 Å². The molecule has 2 aromatic heterocycles. The molecule has 0 unspecified atom stereocenters. The van der Waals surface area contributed by atoms with Crippen LogP contribution in [0.25, 0.3) is 11.1 Å². The smallest absolute Gasteiger partial charge is 0.229 e. The maximum Gasteiger partial charge on any atom is 0.229 e. The molecule has 4 aromatic rings. The third-order valence-electron chi connectivity index (χ3n) is 5.91. The van der Waals surface area contributed by atoms with Crippen molar-refractivity contribution in [2.45, 2.75) is 30.4 Å². The van der Waals surface area contributed by atoms with Gasteiger partial charge >= 0.3 is 0 Å². The maximum atomic E-state index is 12.9. The Balaban J connectivity index is 1.70. The lowest BCUT2D eigenvalue weighted by molar-refractivity contribution is 0.417. The minimum absolute atomic E-state index is 0.165. The van der Waals surface area contributed by atoms with Gasteiger partial charge in [0.25, 0.3) is 0 Å². The van der Waals surface area contributed by atoms with Crippen molar-refractivity contribution in [1.29, 1.82) is 0 Å². The average molecular weight is 556 g/mol. The number of sulfone groups is 1. The lowest BCUT2D eigenvalue weighted by atomic mass is 9.98. The van der Waals surface area contributed by atoms with E-state index in [1.165, 1.54) is 6.20 Å². The fourth-order valence-corrected chi connectivity index (χ4v) is 5.26. The Morgan fingerprint density at radius 2 is 1.89 bits per heavy atom. The Kier molecular flexibility index (Phi) is 8.20. The SMILES string of the molecule is COc1cc(-c2cnn(C)c2)c(CCN)cc1Nc1ncc(Cl)c(Nc2ccccc2S(=O)(=O)C(C)C)n1. The Morgan fingerprint density at radius 3 is 2.55 bits per heavy atom. The molecule has 4 rings (SSSR count). The summed E-state index contributed by atoms with van der Waals surface area (Å²) in [6.45, 7) is 3.73. The second kappa shape index (κ2) is 11.4. The van der Waals surface area contributed by atoms with Crippen LogP contribution in [0.2, 0.25) is 5.02 Å². The molecule has 200 valence electrons. The van der Waals surface area contributed by atoms with Gasteiger partial charge in [-0.25, -0.2) is 13.4 Å². The summed E-state index contributed by atoms with van der Waals surface area (Å²) in [7, 11) is -0.0995. The number of ether oxygens (including phenoxy) is 1. The first-order valence-electron chi connectivity index (χ1n) is 11.9. The van der Waals surface area contributed by atoms with Crippen LogP contribution in [0.15, 0.2) is 59.9 Å². The number of nitrogens with two attached hydrogens (primary N) is 1. The molecular formula is C26H30ClN7O3S. The van der Waals surface area contributed by atoms with Crippen molar-refractivity contribution >= 4 is 44.6 Å². The fourth-order valence-electron chi connectivity index (χ4n) is 3.92. The largest absolute Gasteiger partial charge is 0.495 e. The maximum absolute atomic E-state index is 12.9. The first-order chi connectivity index (χ1) is 18.1. The van der Waals surface area contributed by atoms with E-state index in [0.29, 0.717) is 30.1 Å². The van der Waals surface area contributed by atoms with Gasteiger partial charge in [-0.2, -0.15) is 10.1 Å². The van der Waals surface area contributed by atoms with Crippen LogP contribution in [0.1, 0.15) is 19.4 Å². The molecule has 0 spiro atoms. The Labute approximate surface area is 227 Å². The molecular weight excluding hydrogens is 526 g/mol. The lowest BCUT2D eigenvalue weighted by Crippen LogP contribution is -2.15. The minimum Gasteiger partial charge on any atom is -0.495 e. The monoisotopic (exact) mass is 555 g/mol. The van der Waals surface area contributed by atoms with Crippen molar-refractivity contribution < 1.29 is 13.2 Å². The highest BCUT2D eigenvalue weighted by Gasteiger charge is 2.23. The number of methoxy groups -OCH3 is 1. The van der Waals surface area contributed by atoms with E-state index in [-0.39, 0.29) is 21.7 Å². The molecule has 0 radical (unpaired) electrons. The predicted octanol–water partition coefficient (Wildman–Crippen LogP) is 4.71. The molecule has 38 heavy (non-hydrogen) atoms. The van der Waals surface area contributed by atoms with E-state index in [0.717, 1.165) is 16.7 Å². The zero-order valence-electron chi connectivity index (χ0n) is 21.6. The van der Waals surface area contributed by atoms with E-state index in [1.54, 1.807) is 56.1 Å². The molecule has 0 aliphatic rings. The molecule has 0 amide bonds. The van der Waals surface area contributed by atoms with E-state index in [9.17, 15) is 8.42 Å². The van der Waals surface area contributed by atoms with Gasteiger partial charge in [0.15, 0.2) is 15.7 Å². The first kappa shape index (κ1) is 27.4. The first-order valence-corrected chi connectivity index (χ1v) is 13.9. The van der Waals surface area contributed by atoms with Crippen LogP contribution in [-0.2, 0) is 23.3 Å². The van der Waals surface area contributed by atoms with Crippen LogP contribution in [0.3, 0.4) is 0 Å². The van der Waals surface area contributed by atoms with Crippen molar-refractivity contribution in [2.24, 2.45) is 12.8 Å². The fraction of sp³-hybridized carbons (Fsp3) is 0.269. The number of aryl methyl sites for hydroxylation is 1. The van der Waals surface area contributed by atoms with E-state index >= 15 is 0 Å². The van der Waals surface area contributed by atoms with Gasteiger partial charge < -0.3 is 21.1 Å². The van der Waals surface area contributed by atoms with Crippen LogP contribution in [0.4, 0.5) is 23.1 Å². The molecule has 0 atom stereocenters. The number of hydrogen-bond donors (Lipinski definition) is 3. The summed E-state index contributed by atoms with van der Waals surface area (Å²) >= 11 is 6.38. The third-order valence-corrected chi connectivity index (χ3v) is 8.40. The summed E-state index contributed by atoms with van der Waals surface area (Å²) in [6, 6.07) is 10.5. The zero-order chi connectivity index (χ0) is 27.4. The normalized spacial score (nSPS) is 11.6. The second-order valence-electron chi connectivity index (χ2n) is 8.88. The van der Waals surface area contributed by atoms with Crippen LogP contribution in [-0.4, -0.2) is 47.1 Å². The highest BCUT2D eigenvalue weighted by Crippen LogP contribution is 2.36. The van der Waals surface area contributed by atoms with Gasteiger partial charge in [0.2, 0.25) is 5.95 Å². The molecule has 10 nitrogen and oxygen atoms in total. The van der Waals surface area contributed by atoms with Gasteiger partial charge in [-0.05, 0) is 62.2 Å². The summed E-state index contributed by atoms with van der Waals surface area (Å²) in [5.41, 5.74) is 9.82. The molecule has 0 aliphatic carbocycles. The van der Waals surface area contributed by atoms with Gasteiger partial charge in [-0.1, -0.05) is 23.7 Å². The lowest BCUT2D eigenvalue weighted by Gasteiger charge is -2.17. The highest BCUT2D eigenvalue weighted by molar-refractivity contribution is 7.92. The van der Waals surface area contributed by atoms with Crippen molar-refractivity contribution in [3.05, 3.63) is 65.6 Å². The number of anilines is 4. The Bertz CT molecular complexity index is 1550. The molecule has 2 heterocycles. The standard InChI is InChI=1S/C26H30ClN7O3S/c1-16(2)38(35,36)24-8-6-5-7-21(24)31-25-20(27)14-29-26(33-25)32-22-11-17(9-10-28)19(12-23(22)37-4)18-13-30-34(3)15-18/h5-8,11-16H,9-10,28H2,1-4H3,(H2,29,31,32,33). The second-order valence-corrected chi connectivity index (χ2v) is 11.8. The zero-order valence-corrected chi connectivity index (χ0v) is 23.1. The van der Waals surface area contributed by atoms with E-state index in [4.69, 9.17) is 22.1 Å². The number of nitrogens with one attached hydrogen (secondary N) is 2. The topological polar surface area (TPSA) is 137 Å². The molecule has 0 aliphatic heterocycles. The number of rotatable bonds is 10. The summed E-state index contributed by atoms with van der Waals surface area (Å²) < 4.78 is 33.2. The van der Waals surface area contributed by atoms with Crippen molar-refractivity contribution in [2.75, 3.05) is 24.3 Å². The van der Waals surface area contributed by atoms with Crippen molar-refractivity contribution in [3.8, 4) is 16.9 Å². The van der Waals surface area contributed by atoms with Crippen molar-refractivity contribution in [3.63, 3.8) is 0 Å². The van der Waals surface area contributed by atoms with Crippen molar-refractivity contribution in [1.82, 2.24) is 19.7 Å². The van der Waals surface area contributed by atoms with Gasteiger partial charge in [0.05, 0.1) is 41.0 Å². The third kappa shape index (κ3) is 5.74. The summed E-state index contributed by atoms with van der Waals surface area (Å²) in [5, 5.41) is 10.2. The van der Waals surface area contributed by atoms with E-state index in [1.807, 2.05) is 25.4 Å². The number of aromatic nitrogens is 4. The Morgan fingerprint density at radius 1 is 1.13 bits per heavy atom. The molecule has 4 N–H and O–H groups in total.